The molecule has 0 aromatic carbocycles. The molecule has 0 radical (unpaired) electrons. The summed E-state index contributed by atoms with van der Waals surface area (Å²) in [6.45, 7) is 8.53. The van der Waals surface area contributed by atoms with Crippen LogP contribution < -0.4 is 0 Å². The van der Waals surface area contributed by atoms with Crippen LogP contribution in [-0.2, 0) is 9.53 Å². The summed E-state index contributed by atoms with van der Waals surface area (Å²) in [7, 11) is 0. The van der Waals surface area contributed by atoms with Crippen molar-refractivity contribution in [2.75, 3.05) is 25.4 Å². The van der Waals surface area contributed by atoms with Crippen LogP contribution in [0.25, 0.3) is 0 Å². The first-order valence-corrected chi connectivity index (χ1v) is 6.72. The number of rotatable bonds is 3. The van der Waals surface area contributed by atoms with Crippen LogP contribution in [0, 0.1) is 0 Å². The van der Waals surface area contributed by atoms with Crippen molar-refractivity contribution < 1.29 is 9.53 Å². The summed E-state index contributed by atoms with van der Waals surface area (Å²) < 4.78 is 5.04. The largest absolute Gasteiger partial charge is 0.465 e. The summed E-state index contributed by atoms with van der Waals surface area (Å²) in [4.78, 5) is 13.8. The van der Waals surface area contributed by atoms with Crippen LogP contribution in [0.5, 0.6) is 0 Å². The second-order valence-corrected chi connectivity index (χ2v) is 5.48. The van der Waals surface area contributed by atoms with E-state index in [4.69, 9.17) is 4.74 Å². The maximum atomic E-state index is 11.6. The third-order valence-electron chi connectivity index (χ3n) is 2.78. The molecule has 3 nitrogen and oxygen atoms in total. The lowest BCUT2D eigenvalue weighted by Gasteiger charge is -2.25. The van der Waals surface area contributed by atoms with Gasteiger partial charge in [0, 0.05) is 24.1 Å². The number of carbonyl (C=O) groups is 1. The Kier molecular flexibility index (Phi) is 5.47. The molecule has 0 amide bonds. The van der Waals surface area contributed by atoms with E-state index in [1.54, 1.807) is 0 Å². The zero-order valence-corrected chi connectivity index (χ0v) is 10.7. The molecule has 15 heavy (non-hydrogen) atoms. The van der Waals surface area contributed by atoms with E-state index in [1.807, 2.05) is 25.6 Å². The number of thioether (sulfide) groups is 1. The predicted molar refractivity (Wildman–Crippen MR) is 64.2 cm³/mol. The van der Waals surface area contributed by atoms with Crippen LogP contribution in [0.4, 0.5) is 0 Å². The Morgan fingerprint density at radius 3 is 3.00 bits per heavy atom. The number of hydrogen-bond donors (Lipinski definition) is 0. The van der Waals surface area contributed by atoms with Gasteiger partial charge >= 0.3 is 5.97 Å². The summed E-state index contributed by atoms with van der Waals surface area (Å²) in [6, 6.07) is -0.0872. The Labute approximate surface area is 96.5 Å². The molecule has 0 spiro atoms. The summed E-state index contributed by atoms with van der Waals surface area (Å²) in [5.41, 5.74) is 0. The topological polar surface area (TPSA) is 29.5 Å². The summed E-state index contributed by atoms with van der Waals surface area (Å²) in [6.07, 6.45) is 1.16. The van der Waals surface area contributed by atoms with Gasteiger partial charge in [-0.1, -0.05) is 6.92 Å². The highest BCUT2D eigenvalue weighted by atomic mass is 32.2. The summed E-state index contributed by atoms with van der Waals surface area (Å²) in [5.74, 6) is 1.03. The van der Waals surface area contributed by atoms with Crippen LogP contribution in [0.2, 0.25) is 0 Å². The molecule has 88 valence electrons. The molecule has 1 fully saturated rings. The molecule has 0 saturated carbocycles. The van der Waals surface area contributed by atoms with Gasteiger partial charge in [-0.15, -0.1) is 0 Å². The number of esters is 1. The molecule has 1 rings (SSSR count). The number of ether oxygens (including phenoxy) is 1. The van der Waals surface area contributed by atoms with E-state index in [9.17, 15) is 4.79 Å². The van der Waals surface area contributed by atoms with Gasteiger partial charge in [-0.25, -0.2) is 0 Å². The molecule has 0 bridgehead atoms. The fraction of sp³-hybridized carbons (Fsp3) is 0.909. The predicted octanol–water partition coefficient (Wildman–Crippen LogP) is 1.77. The quantitative estimate of drug-likeness (QED) is 0.692. The molecule has 1 aliphatic rings. The lowest BCUT2D eigenvalue weighted by Crippen LogP contribution is -2.41. The van der Waals surface area contributed by atoms with Crippen molar-refractivity contribution in [2.45, 2.75) is 38.5 Å². The van der Waals surface area contributed by atoms with Gasteiger partial charge in [0.1, 0.15) is 6.04 Å². The first-order chi connectivity index (χ1) is 7.15. The van der Waals surface area contributed by atoms with Gasteiger partial charge in [0.2, 0.25) is 0 Å². The monoisotopic (exact) mass is 231 g/mol. The van der Waals surface area contributed by atoms with Gasteiger partial charge in [-0.2, -0.15) is 11.8 Å². The van der Waals surface area contributed by atoms with Crippen molar-refractivity contribution in [2.24, 2.45) is 0 Å². The zero-order chi connectivity index (χ0) is 11.3. The molecule has 0 aromatic heterocycles. The van der Waals surface area contributed by atoms with Gasteiger partial charge in [0.15, 0.2) is 0 Å². The van der Waals surface area contributed by atoms with Crippen LogP contribution in [-0.4, -0.2) is 47.6 Å². The number of carbonyl (C=O) groups excluding carboxylic acids is 1. The Bertz CT molecular complexity index is 211. The smallest absolute Gasteiger partial charge is 0.323 e. The molecule has 0 aliphatic carbocycles. The van der Waals surface area contributed by atoms with E-state index in [-0.39, 0.29) is 12.0 Å². The van der Waals surface area contributed by atoms with E-state index < -0.39 is 0 Å². The van der Waals surface area contributed by atoms with Crippen molar-refractivity contribution in [1.82, 2.24) is 4.90 Å². The Hall–Kier alpha value is -0.220. The molecule has 2 atom stereocenters. The second-order valence-electron chi connectivity index (χ2n) is 3.93. The molecule has 1 heterocycles. The highest BCUT2D eigenvalue weighted by Crippen LogP contribution is 2.20. The Morgan fingerprint density at radius 2 is 2.33 bits per heavy atom. The van der Waals surface area contributed by atoms with Crippen LogP contribution in [0.3, 0.4) is 0 Å². The van der Waals surface area contributed by atoms with Crippen molar-refractivity contribution in [3.8, 4) is 0 Å². The zero-order valence-electron chi connectivity index (χ0n) is 9.86. The minimum Gasteiger partial charge on any atom is -0.465 e. The minimum atomic E-state index is -0.0872. The normalized spacial score (nSPS) is 25.7. The number of nitrogens with zero attached hydrogens (tertiary/aromatic N) is 1. The molecule has 0 aromatic rings. The molecular formula is C11H21NO2S. The first kappa shape index (κ1) is 12.8. The molecule has 1 saturated heterocycles. The van der Waals surface area contributed by atoms with Crippen molar-refractivity contribution in [3.05, 3.63) is 0 Å². The first-order valence-electron chi connectivity index (χ1n) is 5.67. The van der Waals surface area contributed by atoms with E-state index >= 15 is 0 Å². The number of hydrogen-bond acceptors (Lipinski definition) is 4. The van der Waals surface area contributed by atoms with Crippen LogP contribution >= 0.6 is 11.8 Å². The second kappa shape index (κ2) is 6.38. The summed E-state index contributed by atoms with van der Waals surface area (Å²) >= 11 is 1.99. The van der Waals surface area contributed by atoms with E-state index in [0.717, 1.165) is 25.3 Å². The fourth-order valence-electron chi connectivity index (χ4n) is 1.71. The Morgan fingerprint density at radius 1 is 1.60 bits per heavy atom. The standard InChI is InChI=1S/C11H21NO2S/c1-4-14-11(13)10(3)12-6-5-9(2)15-8-7-12/h9-10H,4-8H2,1-3H3/t9-,10+/m1/s1. The highest BCUT2D eigenvalue weighted by molar-refractivity contribution is 7.99. The molecule has 0 N–H and O–H groups in total. The van der Waals surface area contributed by atoms with Crippen LogP contribution in [0.1, 0.15) is 27.2 Å². The molecule has 0 unspecified atom stereocenters. The minimum absolute atomic E-state index is 0.0861. The van der Waals surface area contributed by atoms with E-state index in [1.165, 1.54) is 0 Å². The van der Waals surface area contributed by atoms with Gasteiger partial charge in [-0.05, 0) is 20.3 Å². The molecule has 4 heteroatoms. The average molecular weight is 231 g/mol. The van der Waals surface area contributed by atoms with Gasteiger partial charge in [0.05, 0.1) is 6.61 Å². The molecular weight excluding hydrogens is 210 g/mol. The van der Waals surface area contributed by atoms with Gasteiger partial charge in [0.25, 0.3) is 0 Å². The van der Waals surface area contributed by atoms with Crippen molar-refractivity contribution in [1.29, 1.82) is 0 Å². The third kappa shape index (κ3) is 4.03. The Balaban J connectivity index is 2.44. The van der Waals surface area contributed by atoms with Crippen molar-refractivity contribution in [3.63, 3.8) is 0 Å². The average Bonchev–Trinajstić information content (AvgIpc) is 2.42. The fourth-order valence-corrected chi connectivity index (χ4v) is 2.73. The lowest BCUT2D eigenvalue weighted by molar-refractivity contribution is -0.148. The third-order valence-corrected chi connectivity index (χ3v) is 4.00. The van der Waals surface area contributed by atoms with E-state index in [0.29, 0.717) is 11.9 Å². The summed E-state index contributed by atoms with van der Waals surface area (Å²) in [5, 5.41) is 0.712. The lowest BCUT2D eigenvalue weighted by atomic mass is 10.2. The van der Waals surface area contributed by atoms with Gasteiger partial charge in [-0.3, -0.25) is 9.69 Å². The highest BCUT2D eigenvalue weighted by Gasteiger charge is 2.24. The maximum absolute atomic E-state index is 11.6. The SMILES string of the molecule is CCOC(=O)[C@H](C)N1CCS[C@H](C)CC1. The van der Waals surface area contributed by atoms with Gasteiger partial charge < -0.3 is 4.74 Å². The van der Waals surface area contributed by atoms with Crippen LogP contribution in [0.15, 0.2) is 0 Å². The maximum Gasteiger partial charge on any atom is 0.323 e. The van der Waals surface area contributed by atoms with E-state index in [2.05, 4.69) is 11.8 Å². The molecule has 1 aliphatic heterocycles. The van der Waals surface area contributed by atoms with Crippen molar-refractivity contribution >= 4 is 17.7 Å².